The van der Waals surface area contributed by atoms with Crippen LogP contribution in [0.2, 0.25) is 0 Å². The van der Waals surface area contributed by atoms with Crippen molar-refractivity contribution in [2.75, 3.05) is 6.54 Å². The molecule has 0 aliphatic heterocycles. The highest BCUT2D eigenvalue weighted by Gasteiger charge is 2.19. The molecule has 3 heteroatoms. The van der Waals surface area contributed by atoms with Gasteiger partial charge in [0.05, 0.1) is 0 Å². The lowest BCUT2D eigenvalue weighted by atomic mass is 9.93. The first-order valence-electron chi connectivity index (χ1n) is 5.74. The van der Waals surface area contributed by atoms with Crippen molar-refractivity contribution in [2.45, 2.75) is 51.9 Å². The maximum Gasteiger partial charge on any atom is 0.110 e. The van der Waals surface area contributed by atoms with E-state index in [1.54, 1.807) is 0 Å². The van der Waals surface area contributed by atoms with Crippen LogP contribution >= 0.6 is 0 Å². The van der Waals surface area contributed by atoms with E-state index < -0.39 is 0 Å². The van der Waals surface area contributed by atoms with E-state index in [0.29, 0.717) is 12.5 Å². The molecular weight excluding hydrogens is 186 g/mol. The Kier molecular flexibility index (Phi) is 3.91. The molecule has 1 aromatic heterocycles. The number of hydrogen-bond acceptors (Lipinski definition) is 2. The van der Waals surface area contributed by atoms with Gasteiger partial charge in [-0.25, -0.2) is 4.98 Å². The zero-order valence-electron chi connectivity index (χ0n) is 10.3. The lowest BCUT2D eigenvalue weighted by Gasteiger charge is -2.16. The molecule has 0 aromatic carbocycles. The Morgan fingerprint density at radius 1 is 1.47 bits per heavy atom. The predicted octanol–water partition coefficient (Wildman–Crippen LogP) is 2.55. The molecule has 1 aromatic rings. The summed E-state index contributed by atoms with van der Waals surface area (Å²) in [5.74, 6) is 1.43. The molecule has 86 valence electrons. The number of nitrogens with one attached hydrogen (secondary N) is 1. The monoisotopic (exact) mass is 209 g/mol. The van der Waals surface area contributed by atoms with E-state index in [-0.39, 0.29) is 5.41 Å². The van der Waals surface area contributed by atoms with Crippen LogP contribution < -0.4 is 5.73 Å². The van der Waals surface area contributed by atoms with E-state index in [9.17, 15) is 0 Å². The van der Waals surface area contributed by atoms with Crippen molar-refractivity contribution in [3.63, 3.8) is 0 Å². The molecule has 0 saturated carbocycles. The van der Waals surface area contributed by atoms with Gasteiger partial charge in [0.1, 0.15) is 5.82 Å². The lowest BCUT2D eigenvalue weighted by molar-refractivity contribution is 0.558. The normalized spacial score (nSPS) is 14.2. The number of hydrogen-bond donors (Lipinski definition) is 2. The average molecular weight is 209 g/mol. The molecule has 3 N–H and O–H groups in total. The van der Waals surface area contributed by atoms with E-state index in [1.807, 2.05) is 6.20 Å². The zero-order chi connectivity index (χ0) is 11.5. The second-order valence-electron chi connectivity index (χ2n) is 5.15. The number of imidazole rings is 1. The molecule has 0 radical (unpaired) electrons. The maximum atomic E-state index is 5.75. The SMILES string of the molecule is CCCC(CN)c1ncc(C(C)(C)C)[nH]1. The molecule has 0 fully saturated rings. The molecule has 1 heterocycles. The summed E-state index contributed by atoms with van der Waals surface area (Å²) in [6, 6.07) is 0. The van der Waals surface area contributed by atoms with Crippen LogP contribution in [0, 0.1) is 0 Å². The van der Waals surface area contributed by atoms with E-state index in [4.69, 9.17) is 5.73 Å². The first-order valence-corrected chi connectivity index (χ1v) is 5.74. The summed E-state index contributed by atoms with van der Waals surface area (Å²) < 4.78 is 0. The van der Waals surface area contributed by atoms with Gasteiger partial charge in [-0.15, -0.1) is 0 Å². The van der Waals surface area contributed by atoms with Crippen LogP contribution in [0.3, 0.4) is 0 Å². The van der Waals surface area contributed by atoms with E-state index in [0.717, 1.165) is 18.7 Å². The fraction of sp³-hybridized carbons (Fsp3) is 0.750. The Morgan fingerprint density at radius 3 is 2.53 bits per heavy atom. The minimum absolute atomic E-state index is 0.136. The van der Waals surface area contributed by atoms with Gasteiger partial charge in [0, 0.05) is 29.8 Å². The number of nitrogens with zero attached hydrogens (tertiary/aromatic N) is 1. The fourth-order valence-corrected chi connectivity index (χ4v) is 1.64. The first kappa shape index (κ1) is 12.2. The van der Waals surface area contributed by atoms with Crippen LogP contribution in [0.4, 0.5) is 0 Å². The van der Waals surface area contributed by atoms with Crippen LogP contribution in [-0.4, -0.2) is 16.5 Å². The molecule has 3 nitrogen and oxygen atoms in total. The summed E-state index contributed by atoms with van der Waals surface area (Å²) >= 11 is 0. The van der Waals surface area contributed by atoms with Crippen molar-refractivity contribution in [1.29, 1.82) is 0 Å². The van der Waals surface area contributed by atoms with E-state index >= 15 is 0 Å². The highest BCUT2D eigenvalue weighted by atomic mass is 14.9. The third-order valence-corrected chi connectivity index (χ3v) is 2.71. The standard InChI is InChI=1S/C12H23N3/c1-5-6-9(7-13)11-14-8-10(15-11)12(2,3)4/h8-9H,5-7,13H2,1-4H3,(H,14,15). The third kappa shape index (κ3) is 3.06. The van der Waals surface area contributed by atoms with Crippen molar-refractivity contribution < 1.29 is 0 Å². The fourth-order valence-electron chi connectivity index (χ4n) is 1.64. The van der Waals surface area contributed by atoms with Gasteiger partial charge in [-0.2, -0.15) is 0 Å². The van der Waals surface area contributed by atoms with Crippen LogP contribution in [0.5, 0.6) is 0 Å². The number of nitrogens with two attached hydrogens (primary N) is 1. The van der Waals surface area contributed by atoms with E-state index in [1.165, 1.54) is 5.69 Å². The molecule has 1 rings (SSSR count). The van der Waals surface area contributed by atoms with Gasteiger partial charge in [0.25, 0.3) is 0 Å². The van der Waals surface area contributed by atoms with Crippen molar-refractivity contribution in [3.05, 3.63) is 17.7 Å². The predicted molar refractivity (Wildman–Crippen MR) is 64.0 cm³/mol. The Bertz CT molecular complexity index is 296. The van der Waals surface area contributed by atoms with Gasteiger partial charge in [0.2, 0.25) is 0 Å². The molecule has 15 heavy (non-hydrogen) atoms. The number of aromatic nitrogens is 2. The highest BCUT2D eigenvalue weighted by Crippen LogP contribution is 2.23. The minimum atomic E-state index is 0.136. The number of aromatic amines is 1. The first-order chi connectivity index (χ1) is 6.99. The Balaban J connectivity index is 2.82. The van der Waals surface area contributed by atoms with Crippen molar-refractivity contribution in [2.24, 2.45) is 5.73 Å². The Hall–Kier alpha value is -0.830. The molecule has 0 amide bonds. The summed E-state index contributed by atoms with van der Waals surface area (Å²) in [6.07, 6.45) is 4.19. The van der Waals surface area contributed by atoms with Crippen LogP contribution in [0.25, 0.3) is 0 Å². The summed E-state index contributed by atoms with van der Waals surface area (Å²) in [7, 11) is 0. The number of H-pyrrole nitrogens is 1. The Morgan fingerprint density at radius 2 is 2.13 bits per heavy atom. The Labute approximate surface area is 92.5 Å². The summed E-state index contributed by atoms with van der Waals surface area (Å²) in [4.78, 5) is 7.83. The smallest absolute Gasteiger partial charge is 0.110 e. The van der Waals surface area contributed by atoms with Gasteiger partial charge in [-0.1, -0.05) is 34.1 Å². The minimum Gasteiger partial charge on any atom is -0.345 e. The van der Waals surface area contributed by atoms with Crippen molar-refractivity contribution in [3.8, 4) is 0 Å². The molecule has 0 aliphatic rings. The van der Waals surface area contributed by atoms with Gasteiger partial charge in [-0.05, 0) is 6.42 Å². The second-order valence-corrected chi connectivity index (χ2v) is 5.15. The van der Waals surface area contributed by atoms with Crippen molar-refractivity contribution >= 4 is 0 Å². The largest absolute Gasteiger partial charge is 0.345 e. The summed E-state index contributed by atoms with van der Waals surface area (Å²) in [6.45, 7) is 9.39. The molecule has 1 unspecified atom stereocenters. The van der Waals surface area contributed by atoms with Crippen LogP contribution in [0.15, 0.2) is 6.20 Å². The maximum absolute atomic E-state index is 5.75. The second kappa shape index (κ2) is 4.79. The molecule has 0 saturated heterocycles. The zero-order valence-corrected chi connectivity index (χ0v) is 10.3. The quantitative estimate of drug-likeness (QED) is 0.800. The molecule has 0 bridgehead atoms. The van der Waals surface area contributed by atoms with Gasteiger partial charge < -0.3 is 10.7 Å². The van der Waals surface area contributed by atoms with Crippen LogP contribution in [0.1, 0.15) is 58.0 Å². The third-order valence-electron chi connectivity index (χ3n) is 2.71. The van der Waals surface area contributed by atoms with E-state index in [2.05, 4.69) is 37.7 Å². The highest BCUT2D eigenvalue weighted by molar-refractivity contribution is 5.13. The topological polar surface area (TPSA) is 54.7 Å². The summed E-state index contributed by atoms with van der Waals surface area (Å²) in [5.41, 5.74) is 7.07. The lowest BCUT2D eigenvalue weighted by Crippen LogP contribution is -2.15. The molecule has 0 aliphatic carbocycles. The van der Waals surface area contributed by atoms with Crippen LogP contribution in [-0.2, 0) is 5.41 Å². The molecule has 1 atom stereocenters. The average Bonchev–Trinajstić information content (AvgIpc) is 2.62. The van der Waals surface area contributed by atoms with Gasteiger partial charge in [-0.3, -0.25) is 0 Å². The molecular formula is C12H23N3. The van der Waals surface area contributed by atoms with Crippen molar-refractivity contribution in [1.82, 2.24) is 9.97 Å². The van der Waals surface area contributed by atoms with Gasteiger partial charge >= 0.3 is 0 Å². The molecule has 0 spiro atoms. The summed E-state index contributed by atoms with van der Waals surface area (Å²) in [5, 5.41) is 0. The van der Waals surface area contributed by atoms with Gasteiger partial charge in [0.15, 0.2) is 0 Å². The number of rotatable bonds is 4.